The van der Waals surface area contributed by atoms with Crippen molar-refractivity contribution in [2.45, 2.75) is 18.2 Å². The first-order valence-corrected chi connectivity index (χ1v) is 7.45. The lowest BCUT2D eigenvalue weighted by Crippen LogP contribution is -2.34. The van der Waals surface area contributed by atoms with Crippen LogP contribution in [-0.4, -0.2) is 42.0 Å². The molecule has 0 bridgehead atoms. The Bertz CT molecular complexity index is 451. The van der Waals surface area contributed by atoms with Crippen LogP contribution in [0.25, 0.3) is 0 Å². The predicted molar refractivity (Wildman–Crippen MR) is 64.8 cm³/mol. The van der Waals surface area contributed by atoms with Gasteiger partial charge >= 0.3 is 0 Å². The lowest BCUT2D eigenvalue weighted by Gasteiger charge is -2.22. The highest BCUT2D eigenvalue weighted by Crippen LogP contribution is 2.25. The summed E-state index contributed by atoms with van der Waals surface area (Å²) in [4.78, 5) is 0. The maximum atomic E-state index is 11.5. The van der Waals surface area contributed by atoms with Gasteiger partial charge in [0.25, 0.3) is 0 Å². The number of hydrogen-bond acceptors (Lipinski definition) is 5. The second kappa shape index (κ2) is 4.80. The van der Waals surface area contributed by atoms with E-state index in [1.54, 1.807) is 25.7 Å². The fourth-order valence-corrected chi connectivity index (χ4v) is 2.84. The van der Waals surface area contributed by atoms with Crippen molar-refractivity contribution in [2.24, 2.45) is 7.05 Å². The van der Waals surface area contributed by atoms with Gasteiger partial charge in [0.05, 0.1) is 17.0 Å². The van der Waals surface area contributed by atoms with E-state index >= 15 is 0 Å². The van der Waals surface area contributed by atoms with Gasteiger partial charge in [0.1, 0.15) is 0 Å². The molecule has 1 aromatic heterocycles. The van der Waals surface area contributed by atoms with Gasteiger partial charge < -0.3 is 5.32 Å². The van der Waals surface area contributed by atoms with E-state index in [0.29, 0.717) is 4.60 Å². The first-order valence-electron chi connectivity index (χ1n) is 4.70. The molecule has 1 heterocycles. The second-order valence-electron chi connectivity index (χ2n) is 3.69. The van der Waals surface area contributed by atoms with Crippen molar-refractivity contribution < 1.29 is 8.42 Å². The Morgan fingerprint density at radius 1 is 1.50 bits per heavy atom. The SMILES string of the molecule is CNC(c1c(Br)nnn1C)C(C)S(C)(=O)=O. The molecule has 6 nitrogen and oxygen atoms in total. The molecule has 2 unspecified atom stereocenters. The fraction of sp³-hybridized carbons (Fsp3) is 0.750. The van der Waals surface area contributed by atoms with Crippen LogP contribution in [0.15, 0.2) is 4.60 Å². The van der Waals surface area contributed by atoms with Crippen molar-refractivity contribution in [3.63, 3.8) is 0 Å². The molecule has 1 N–H and O–H groups in total. The smallest absolute Gasteiger partial charge is 0.153 e. The van der Waals surface area contributed by atoms with Gasteiger partial charge in [-0.05, 0) is 29.9 Å². The van der Waals surface area contributed by atoms with Gasteiger partial charge in [-0.15, -0.1) is 5.10 Å². The van der Waals surface area contributed by atoms with Crippen LogP contribution in [0.5, 0.6) is 0 Å². The number of rotatable bonds is 4. The van der Waals surface area contributed by atoms with Crippen molar-refractivity contribution in [1.29, 1.82) is 0 Å². The highest BCUT2D eigenvalue weighted by Gasteiger charge is 2.30. The summed E-state index contributed by atoms with van der Waals surface area (Å²) in [6.45, 7) is 1.66. The van der Waals surface area contributed by atoms with Gasteiger partial charge in [-0.25, -0.2) is 13.1 Å². The maximum absolute atomic E-state index is 11.5. The van der Waals surface area contributed by atoms with E-state index in [2.05, 4.69) is 31.6 Å². The average molecular weight is 311 g/mol. The Hall–Kier alpha value is -0.470. The summed E-state index contributed by atoms with van der Waals surface area (Å²) >= 11 is 3.26. The summed E-state index contributed by atoms with van der Waals surface area (Å²) < 4.78 is 25.2. The Morgan fingerprint density at radius 3 is 2.38 bits per heavy atom. The van der Waals surface area contributed by atoms with Gasteiger partial charge in [-0.1, -0.05) is 5.21 Å². The van der Waals surface area contributed by atoms with Gasteiger partial charge in [0, 0.05) is 13.3 Å². The summed E-state index contributed by atoms with van der Waals surface area (Å²) in [5.74, 6) is 0. The van der Waals surface area contributed by atoms with Crippen LogP contribution in [0.3, 0.4) is 0 Å². The Morgan fingerprint density at radius 2 is 2.06 bits per heavy atom. The average Bonchev–Trinajstić information content (AvgIpc) is 2.49. The molecule has 0 spiro atoms. The molecule has 1 rings (SSSR count). The number of aromatic nitrogens is 3. The van der Waals surface area contributed by atoms with Crippen LogP contribution in [0.1, 0.15) is 18.7 Å². The first-order chi connectivity index (χ1) is 7.29. The van der Waals surface area contributed by atoms with Crippen LogP contribution < -0.4 is 5.32 Å². The standard InChI is InChI=1S/C8H15BrN4O2S/c1-5(16(4,14)15)6(10-2)7-8(9)11-12-13(7)3/h5-6,10H,1-4H3. The minimum Gasteiger partial charge on any atom is -0.311 e. The van der Waals surface area contributed by atoms with Gasteiger partial charge in [0.15, 0.2) is 14.4 Å². The molecular weight excluding hydrogens is 296 g/mol. The lowest BCUT2D eigenvalue weighted by atomic mass is 10.1. The minimum absolute atomic E-state index is 0.343. The van der Waals surface area contributed by atoms with Crippen LogP contribution in [0.4, 0.5) is 0 Å². The topological polar surface area (TPSA) is 76.9 Å². The van der Waals surface area contributed by atoms with Crippen molar-refractivity contribution in [1.82, 2.24) is 20.3 Å². The van der Waals surface area contributed by atoms with E-state index in [9.17, 15) is 8.42 Å². The zero-order valence-corrected chi connectivity index (χ0v) is 12.0. The molecule has 0 aliphatic rings. The number of sulfone groups is 1. The molecule has 8 heteroatoms. The minimum atomic E-state index is -3.13. The van der Waals surface area contributed by atoms with E-state index < -0.39 is 15.1 Å². The molecule has 0 amide bonds. The number of halogens is 1. The normalized spacial score (nSPS) is 16.1. The highest BCUT2D eigenvalue weighted by atomic mass is 79.9. The van der Waals surface area contributed by atoms with Gasteiger partial charge in [-0.3, -0.25) is 0 Å². The third-order valence-electron chi connectivity index (χ3n) is 2.58. The fourth-order valence-electron chi connectivity index (χ4n) is 1.51. The Balaban J connectivity index is 3.19. The first kappa shape index (κ1) is 13.6. The summed E-state index contributed by atoms with van der Waals surface area (Å²) in [6, 6.07) is -0.343. The summed E-state index contributed by atoms with van der Waals surface area (Å²) in [5, 5.41) is 10.1. The molecule has 0 aliphatic carbocycles. The van der Waals surface area contributed by atoms with Crippen LogP contribution in [0.2, 0.25) is 0 Å². The van der Waals surface area contributed by atoms with Gasteiger partial charge in [-0.2, -0.15) is 0 Å². The molecule has 0 saturated carbocycles. The van der Waals surface area contributed by atoms with E-state index in [0.717, 1.165) is 5.69 Å². The molecule has 0 fully saturated rings. The van der Waals surface area contributed by atoms with E-state index in [1.807, 2.05) is 0 Å². The van der Waals surface area contributed by atoms with Crippen LogP contribution in [0, 0.1) is 0 Å². The Kier molecular flexibility index (Phi) is 4.08. The molecule has 92 valence electrons. The molecule has 0 aromatic carbocycles. The van der Waals surface area contributed by atoms with Gasteiger partial charge in [0.2, 0.25) is 0 Å². The molecular formula is C8H15BrN4O2S. The molecule has 0 aliphatic heterocycles. The van der Waals surface area contributed by atoms with E-state index in [4.69, 9.17) is 0 Å². The number of nitrogens with zero attached hydrogens (tertiary/aromatic N) is 3. The lowest BCUT2D eigenvalue weighted by molar-refractivity contribution is 0.503. The molecule has 0 saturated heterocycles. The van der Waals surface area contributed by atoms with Crippen molar-refractivity contribution in [3.8, 4) is 0 Å². The summed E-state index contributed by atoms with van der Waals surface area (Å²) in [7, 11) is 0.317. The number of hydrogen-bond donors (Lipinski definition) is 1. The predicted octanol–water partition coefficient (Wildman–Crippen LogP) is 0.271. The quantitative estimate of drug-likeness (QED) is 0.864. The van der Waals surface area contributed by atoms with Crippen molar-refractivity contribution in [3.05, 3.63) is 10.3 Å². The highest BCUT2D eigenvalue weighted by molar-refractivity contribution is 9.10. The van der Waals surface area contributed by atoms with E-state index in [1.165, 1.54) is 6.26 Å². The largest absolute Gasteiger partial charge is 0.311 e. The number of aryl methyl sites for hydroxylation is 1. The third kappa shape index (κ3) is 2.61. The van der Waals surface area contributed by atoms with E-state index in [-0.39, 0.29) is 6.04 Å². The zero-order valence-electron chi connectivity index (χ0n) is 9.60. The number of nitrogens with one attached hydrogen (secondary N) is 1. The molecule has 1 aromatic rings. The van der Waals surface area contributed by atoms with Crippen LogP contribution in [-0.2, 0) is 16.9 Å². The molecule has 0 radical (unpaired) electrons. The van der Waals surface area contributed by atoms with Crippen molar-refractivity contribution >= 4 is 25.8 Å². The molecule has 16 heavy (non-hydrogen) atoms. The van der Waals surface area contributed by atoms with Crippen LogP contribution >= 0.6 is 15.9 Å². The monoisotopic (exact) mass is 310 g/mol. The summed E-state index contributed by atoms with van der Waals surface area (Å²) in [5.41, 5.74) is 0.723. The Labute approximate surface area is 103 Å². The van der Waals surface area contributed by atoms with Crippen molar-refractivity contribution in [2.75, 3.05) is 13.3 Å². The maximum Gasteiger partial charge on any atom is 0.153 e. The zero-order chi connectivity index (χ0) is 12.5. The summed E-state index contributed by atoms with van der Waals surface area (Å²) in [6.07, 6.45) is 1.22. The third-order valence-corrected chi connectivity index (χ3v) is 4.76. The molecule has 2 atom stereocenters. The second-order valence-corrected chi connectivity index (χ2v) is 6.84.